The third-order valence-corrected chi connectivity index (χ3v) is 4.72. The molecule has 1 unspecified atom stereocenters. The number of carbonyl (C=O) groups is 2. The lowest BCUT2D eigenvalue weighted by Crippen LogP contribution is -2.40. The van der Waals surface area contributed by atoms with Gasteiger partial charge in [-0.15, -0.1) is 16.4 Å². The number of aromatic nitrogens is 4. The normalized spacial score (nSPS) is 21.5. The SMILES string of the molecule is CCCn1nnnc1CN1C(=O)NC(C)(c2cccs2)C1=O. The van der Waals surface area contributed by atoms with Crippen LogP contribution < -0.4 is 5.32 Å². The lowest BCUT2D eigenvalue weighted by Gasteiger charge is -2.19. The van der Waals surface area contributed by atoms with E-state index in [9.17, 15) is 9.59 Å². The fraction of sp³-hybridized carbons (Fsp3) is 0.462. The average molecular weight is 320 g/mol. The number of nitrogens with zero attached hydrogens (tertiary/aromatic N) is 5. The van der Waals surface area contributed by atoms with Gasteiger partial charge < -0.3 is 5.32 Å². The number of thiophene rings is 1. The molecule has 3 heterocycles. The summed E-state index contributed by atoms with van der Waals surface area (Å²) in [6.45, 7) is 4.44. The van der Waals surface area contributed by atoms with Gasteiger partial charge in [0.2, 0.25) is 0 Å². The van der Waals surface area contributed by atoms with Gasteiger partial charge in [0.25, 0.3) is 5.91 Å². The zero-order chi connectivity index (χ0) is 15.7. The molecule has 0 saturated carbocycles. The maximum Gasteiger partial charge on any atom is 0.325 e. The van der Waals surface area contributed by atoms with Crippen LogP contribution in [0.4, 0.5) is 4.79 Å². The summed E-state index contributed by atoms with van der Waals surface area (Å²) < 4.78 is 1.61. The van der Waals surface area contributed by atoms with Gasteiger partial charge in [0, 0.05) is 11.4 Å². The Morgan fingerprint density at radius 3 is 2.91 bits per heavy atom. The molecule has 9 heteroatoms. The van der Waals surface area contributed by atoms with E-state index in [1.165, 1.54) is 11.3 Å². The predicted octanol–water partition coefficient (Wildman–Crippen LogP) is 1.11. The third kappa shape index (κ3) is 2.27. The zero-order valence-electron chi connectivity index (χ0n) is 12.3. The molecule has 0 spiro atoms. The number of rotatable bonds is 5. The van der Waals surface area contributed by atoms with Crippen molar-refractivity contribution in [3.05, 3.63) is 28.2 Å². The minimum Gasteiger partial charge on any atom is -0.319 e. The molecule has 3 rings (SSSR count). The molecule has 1 saturated heterocycles. The van der Waals surface area contributed by atoms with Crippen LogP contribution >= 0.6 is 11.3 Å². The number of urea groups is 1. The van der Waals surface area contributed by atoms with Gasteiger partial charge in [-0.05, 0) is 35.2 Å². The van der Waals surface area contributed by atoms with E-state index in [1.54, 1.807) is 11.6 Å². The Labute approximate surface area is 131 Å². The van der Waals surface area contributed by atoms with Crippen molar-refractivity contribution in [2.24, 2.45) is 0 Å². The first kappa shape index (κ1) is 14.6. The highest BCUT2D eigenvalue weighted by Gasteiger charge is 2.49. The molecule has 22 heavy (non-hydrogen) atoms. The monoisotopic (exact) mass is 320 g/mol. The standard InChI is InChI=1S/C13H16N6O2S/c1-3-6-19-10(15-16-17-19)8-18-11(20)13(2,14-12(18)21)9-5-4-7-22-9/h4-5,7H,3,6,8H2,1-2H3,(H,14,21). The van der Waals surface area contributed by atoms with Crippen molar-refractivity contribution >= 4 is 23.3 Å². The molecule has 8 nitrogen and oxygen atoms in total. The summed E-state index contributed by atoms with van der Waals surface area (Å²) in [6.07, 6.45) is 0.866. The second-order valence-electron chi connectivity index (χ2n) is 5.24. The van der Waals surface area contributed by atoms with Gasteiger partial charge in [0.05, 0.1) is 6.54 Å². The zero-order valence-corrected chi connectivity index (χ0v) is 13.1. The molecule has 2 aromatic heterocycles. The Bertz CT molecular complexity index is 697. The van der Waals surface area contributed by atoms with Crippen LogP contribution in [0.1, 0.15) is 31.0 Å². The number of amides is 3. The second-order valence-corrected chi connectivity index (χ2v) is 6.19. The Balaban J connectivity index is 1.85. The molecule has 1 atom stereocenters. The summed E-state index contributed by atoms with van der Waals surface area (Å²) in [5.41, 5.74) is -1.02. The maximum atomic E-state index is 12.7. The Morgan fingerprint density at radius 1 is 1.41 bits per heavy atom. The average Bonchev–Trinajstić information content (AvgIpc) is 3.19. The summed E-state index contributed by atoms with van der Waals surface area (Å²) in [6, 6.07) is 3.27. The van der Waals surface area contributed by atoms with Crippen LogP contribution in [0, 0.1) is 0 Å². The Morgan fingerprint density at radius 2 is 2.23 bits per heavy atom. The molecule has 1 N–H and O–H groups in total. The number of hydrogen-bond acceptors (Lipinski definition) is 6. The molecular formula is C13H16N6O2S. The van der Waals surface area contributed by atoms with E-state index in [1.807, 2.05) is 24.4 Å². The van der Waals surface area contributed by atoms with E-state index in [-0.39, 0.29) is 12.5 Å². The number of hydrogen-bond donors (Lipinski definition) is 1. The van der Waals surface area contributed by atoms with Crippen LogP contribution in [-0.4, -0.2) is 37.0 Å². The van der Waals surface area contributed by atoms with Crippen LogP contribution in [-0.2, 0) is 23.4 Å². The van der Waals surface area contributed by atoms with Crippen LogP contribution in [0.2, 0.25) is 0 Å². The molecule has 0 aliphatic carbocycles. The highest BCUT2D eigenvalue weighted by molar-refractivity contribution is 7.10. The van der Waals surface area contributed by atoms with E-state index in [4.69, 9.17) is 0 Å². The number of tetrazole rings is 1. The molecular weight excluding hydrogens is 304 g/mol. The molecule has 0 aromatic carbocycles. The number of imide groups is 1. The van der Waals surface area contributed by atoms with Crippen molar-refractivity contribution in [2.75, 3.05) is 0 Å². The molecule has 0 radical (unpaired) electrons. The lowest BCUT2D eigenvalue weighted by atomic mass is 10.0. The van der Waals surface area contributed by atoms with Gasteiger partial charge in [0.15, 0.2) is 11.4 Å². The summed E-state index contributed by atoms with van der Waals surface area (Å²) in [5, 5.41) is 16.0. The van der Waals surface area contributed by atoms with Crippen molar-refractivity contribution in [3.8, 4) is 0 Å². The summed E-state index contributed by atoms with van der Waals surface area (Å²) in [7, 11) is 0. The van der Waals surface area contributed by atoms with Crippen LogP contribution in [0.3, 0.4) is 0 Å². The lowest BCUT2D eigenvalue weighted by molar-refractivity contribution is -0.131. The number of nitrogens with one attached hydrogen (secondary N) is 1. The molecule has 2 aromatic rings. The number of aryl methyl sites for hydroxylation is 1. The minimum absolute atomic E-state index is 0.0681. The smallest absolute Gasteiger partial charge is 0.319 e. The molecule has 1 aliphatic heterocycles. The van der Waals surface area contributed by atoms with Crippen molar-refractivity contribution in [3.63, 3.8) is 0 Å². The first-order valence-corrected chi connectivity index (χ1v) is 7.87. The van der Waals surface area contributed by atoms with Crippen LogP contribution in [0.25, 0.3) is 0 Å². The van der Waals surface area contributed by atoms with E-state index in [2.05, 4.69) is 20.8 Å². The van der Waals surface area contributed by atoms with Gasteiger partial charge in [-0.1, -0.05) is 13.0 Å². The van der Waals surface area contributed by atoms with E-state index < -0.39 is 11.6 Å². The van der Waals surface area contributed by atoms with Crippen molar-refractivity contribution in [2.45, 2.75) is 38.9 Å². The highest BCUT2D eigenvalue weighted by Crippen LogP contribution is 2.32. The van der Waals surface area contributed by atoms with E-state index in [0.29, 0.717) is 12.4 Å². The predicted molar refractivity (Wildman–Crippen MR) is 78.9 cm³/mol. The largest absolute Gasteiger partial charge is 0.325 e. The quantitative estimate of drug-likeness (QED) is 0.833. The van der Waals surface area contributed by atoms with Gasteiger partial charge in [0.1, 0.15) is 0 Å². The van der Waals surface area contributed by atoms with Gasteiger partial charge >= 0.3 is 6.03 Å². The van der Waals surface area contributed by atoms with Crippen LogP contribution in [0.5, 0.6) is 0 Å². The third-order valence-electron chi connectivity index (χ3n) is 3.63. The molecule has 0 bridgehead atoms. The van der Waals surface area contributed by atoms with E-state index in [0.717, 1.165) is 16.2 Å². The van der Waals surface area contributed by atoms with Crippen molar-refractivity contribution in [1.82, 2.24) is 30.4 Å². The Kier molecular flexibility index (Phi) is 3.65. The molecule has 3 amide bonds. The second kappa shape index (κ2) is 5.48. The first-order chi connectivity index (χ1) is 10.6. The Hall–Kier alpha value is -2.29. The maximum absolute atomic E-state index is 12.7. The fourth-order valence-electron chi connectivity index (χ4n) is 2.43. The van der Waals surface area contributed by atoms with Gasteiger partial charge in [-0.3, -0.25) is 9.69 Å². The molecule has 1 fully saturated rings. The van der Waals surface area contributed by atoms with Gasteiger partial charge in [-0.25, -0.2) is 9.48 Å². The molecule has 1 aliphatic rings. The summed E-state index contributed by atoms with van der Waals surface area (Å²) >= 11 is 1.44. The van der Waals surface area contributed by atoms with Gasteiger partial charge in [-0.2, -0.15) is 0 Å². The summed E-state index contributed by atoms with van der Waals surface area (Å²) in [4.78, 5) is 26.9. The summed E-state index contributed by atoms with van der Waals surface area (Å²) in [5.74, 6) is 0.215. The minimum atomic E-state index is -1.02. The van der Waals surface area contributed by atoms with Crippen LogP contribution in [0.15, 0.2) is 17.5 Å². The molecule has 116 valence electrons. The topological polar surface area (TPSA) is 93.0 Å². The van der Waals surface area contributed by atoms with Crippen molar-refractivity contribution < 1.29 is 9.59 Å². The number of carbonyl (C=O) groups excluding carboxylic acids is 2. The van der Waals surface area contributed by atoms with E-state index >= 15 is 0 Å². The van der Waals surface area contributed by atoms with Crippen molar-refractivity contribution in [1.29, 1.82) is 0 Å². The fourth-order valence-corrected chi connectivity index (χ4v) is 3.27. The highest BCUT2D eigenvalue weighted by atomic mass is 32.1. The first-order valence-electron chi connectivity index (χ1n) is 6.99.